The van der Waals surface area contributed by atoms with Crippen molar-refractivity contribution in [3.8, 4) is 0 Å². The lowest BCUT2D eigenvalue weighted by atomic mass is 10.1. The highest BCUT2D eigenvalue weighted by Crippen LogP contribution is 2.16. The average Bonchev–Trinajstić information content (AvgIpc) is 2.14. The van der Waals surface area contributed by atoms with Gasteiger partial charge in [-0.15, -0.1) is 0 Å². The fourth-order valence-electron chi connectivity index (χ4n) is 1.27. The smallest absolute Gasteiger partial charge is 0.0715 e. The molecule has 0 bridgehead atoms. The van der Waals surface area contributed by atoms with E-state index in [1.807, 2.05) is 12.1 Å². The molecule has 0 fully saturated rings. The van der Waals surface area contributed by atoms with Crippen LogP contribution in [0.1, 0.15) is 32.4 Å². The van der Waals surface area contributed by atoms with Gasteiger partial charge in [-0.3, -0.25) is 0 Å². The monoisotopic (exact) mass is 271 g/mol. The zero-order valence-corrected chi connectivity index (χ0v) is 11.0. The third-order valence-corrected chi connectivity index (χ3v) is 2.74. The van der Waals surface area contributed by atoms with Crippen LogP contribution in [0.15, 0.2) is 28.7 Å². The first-order valence-electron chi connectivity index (χ1n) is 5.10. The Kier molecular flexibility index (Phi) is 4.32. The van der Waals surface area contributed by atoms with Crippen LogP contribution in [0.3, 0.4) is 0 Å². The van der Waals surface area contributed by atoms with Gasteiger partial charge in [-0.05, 0) is 38.5 Å². The number of aliphatic hydroxyl groups is 1. The molecular formula is C12H18BrNO. The van der Waals surface area contributed by atoms with Gasteiger partial charge in [0.2, 0.25) is 0 Å². The molecule has 0 saturated carbocycles. The third kappa shape index (κ3) is 4.78. The van der Waals surface area contributed by atoms with Gasteiger partial charge in [-0.2, -0.15) is 0 Å². The summed E-state index contributed by atoms with van der Waals surface area (Å²) in [4.78, 5) is 0. The lowest BCUT2D eigenvalue weighted by Gasteiger charge is -2.22. The molecule has 1 aromatic rings. The molecule has 0 unspecified atom stereocenters. The second-order valence-electron chi connectivity index (χ2n) is 4.47. The molecule has 0 saturated heterocycles. The third-order valence-electron chi connectivity index (χ3n) is 2.21. The first-order chi connectivity index (χ1) is 6.88. The summed E-state index contributed by atoms with van der Waals surface area (Å²) in [7, 11) is 0. The molecule has 0 heterocycles. The second kappa shape index (κ2) is 5.10. The number of hydrogen-bond donors (Lipinski definition) is 2. The van der Waals surface area contributed by atoms with Gasteiger partial charge in [0.1, 0.15) is 0 Å². The first-order valence-corrected chi connectivity index (χ1v) is 5.89. The van der Waals surface area contributed by atoms with Gasteiger partial charge in [0, 0.05) is 17.1 Å². The quantitative estimate of drug-likeness (QED) is 0.883. The van der Waals surface area contributed by atoms with Crippen LogP contribution in [-0.2, 0) is 0 Å². The van der Waals surface area contributed by atoms with Gasteiger partial charge >= 0.3 is 0 Å². The number of nitrogens with one attached hydrogen (secondary N) is 1. The topological polar surface area (TPSA) is 32.3 Å². The predicted octanol–water partition coefficient (Wildman–Crippen LogP) is 2.87. The van der Waals surface area contributed by atoms with E-state index in [1.54, 1.807) is 13.8 Å². The number of benzene rings is 1. The van der Waals surface area contributed by atoms with Crippen LogP contribution in [-0.4, -0.2) is 17.3 Å². The molecule has 0 aliphatic heterocycles. The van der Waals surface area contributed by atoms with E-state index >= 15 is 0 Å². The zero-order chi connectivity index (χ0) is 11.5. The molecule has 3 heteroatoms. The Bertz CT molecular complexity index is 302. The van der Waals surface area contributed by atoms with Crippen molar-refractivity contribution in [2.45, 2.75) is 32.4 Å². The molecule has 1 rings (SSSR count). The van der Waals surface area contributed by atoms with Crippen LogP contribution in [0.4, 0.5) is 0 Å². The van der Waals surface area contributed by atoms with Gasteiger partial charge in [-0.25, -0.2) is 0 Å². The largest absolute Gasteiger partial charge is 0.389 e. The molecule has 2 nitrogen and oxygen atoms in total. The Hall–Kier alpha value is -0.380. The molecule has 15 heavy (non-hydrogen) atoms. The Balaban J connectivity index is 2.54. The summed E-state index contributed by atoms with van der Waals surface area (Å²) in [5, 5.41) is 12.9. The standard InChI is InChI=1S/C12H18BrNO/c1-9(14-8-12(2,3)15)10-4-6-11(13)7-5-10/h4-7,9,14-15H,8H2,1-3H3/t9-/m1/s1. The second-order valence-corrected chi connectivity index (χ2v) is 5.38. The van der Waals surface area contributed by atoms with Gasteiger partial charge in [-0.1, -0.05) is 28.1 Å². The molecule has 2 N–H and O–H groups in total. The van der Waals surface area contributed by atoms with Crippen LogP contribution in [0.25, 0.3) is 0 Å². The molecule has 0 spiro atoms. The van der Waals surface area contributed by atoms with Crippen molar-refractivity contribution in [3.63, 3.8) is 0 Å². The van der Waals surface area contributed by atoms with Crippen LogP contribution in [0.5, 0.6) is 0 Å². The van der Waals surface area contributed by atoms with Crippen LogP contribution in [0.2, 0.25) is 0 Å². The Labute approximate surface area is 99.8 Å². The normalized spacial score (nSPS) is 13.9. The maximum atomic E-state index is 9.59. The van der Waals surface area contributed by atoms with E-state index in [2.05, 4.69) is 40.3 Å². The fraction of sp³-hybridized carbons (Fsp3) is 0.500. The summed E-state index contributed by atoms with van der Waals surface area (Å²) < 4.78 is 1.08. The molecule has 1 aromatic carbocycles. The Morgan fingerprint density at radius 3 is 2.33 bits per heavy atom. The Morgan fingerprint density at radius 1 is 1.33 bits per heavy atom. The van der Waals surface area contributed by atoms with Crippen molar-refractivity contribution < 1.29 is 5.11 Å². The molecule has 0 radical (unpaired) electrons. The van der Waals surface area contributed by atoms with Crippen molar-refractivity contribution in [1.29, 1.82) is 0 Å². The number of halogens is 1. The molecular weight excluding hydrogens is 254 g/mol. The number of rotatable bonds is 4. The summed E-state index contributed by atoms with van der Waals surface area (Å²) in [5.41, 5.74) is 0.561. The molecule has 0 aromatic heterocycles. The van der Waals surface area contributed by atoms with Crippen LogP contribution < -0.4 is 5.32 Å². The summed E-state index contributed by atoms with van der Waals surface area (Å²) in [6.07, 6.45) is 0. The van der Waals surface area contributed by atoms with Gasteiger partial charge in [0.15, 0.2) is 0 Å². The van der Waals surface area contributed by atoms with E-state index < -0.39 is 5.60 Å². The molecule has 0 amide bonds. The van der Waals surface area contributed by atoms with Crippen molar-refractivity contribution in [2.24, 2.45) is 0 Å². The zero-order valence-electron chi connectivity index (χ0n) is 9.42. The van der Waals surface area contributed by atoms with Gasteiger partial charge < -0.3 is 10.4 Å². The number of hydrogen-bond acceptors (Lipinski definition) is 2. The SMILES string of the molecule is C[C@@H](NCC(C)(C)O)c1ccc(Br)cc1. The minimum atomic E-state index is -0.663. The maximum absolute atomic E-state index is 9.59. The van der Waals surface area contributed by atoms with Crippen LogP contribution in [0, 0.1) is 0 Å². The van der Waals surface area contributed by atoms with E-state index in [4.69, 9.17) is 0 Å². The average molecular weight is 272 g/mol. The summed E-state index contributed by atoms with van der Waals surface area (Å²) in [5.74, 6) is 0. The molecule has 1 atom stereocenters. The summed E-state index contributed by atoms with van der Waals surface area (Å²) in [6, 6.07) is 8.46. The van der Waals surface area contributed by atoms with E-state index in [-0.39, 0.29) is 6.04 Å². The highest BCUT2D eigenvalue weighted by molar-refractivity contribution is 9.10. The van der Waals surface area contributed by atoms with E-state index in [0.29, 0.717) is 6.54 Å². The van der Waals surface area contributed by atoms with Gasteiger partial charge in [0.05, 0.1) is 5.60 Å². The maximum Gasteiger partial charge on any atom is 0.0715 e. The predicted molar refractivity (Wildman–Crippen MR) is 66.9 cm³/mol. The van der Waals surface area contributed by atoms with Crippen molar-refractivity contribution >= 4 is 15.9 Å². The van der Waals surface area contributed by atoms with E-state index in [1.165, 1.54) is 5.56 Å². The van der Waals surface area contributed by atoms with Gasteiger partial charge in [0.25, 0.3) is 0 Å². The fourth-order valence-corrected chi connectivity index (χ4v) is 1.54. The molecule has 0 aliphatic carbocycles. The highest BCUT2D eigenvalue weighted by Gasteiger charge is 2.14. The minimum absolute atomic E-state index is 0.254. The van der Waals surface area contributed by atoms with Crippen molar-refractivity contribution in [1.82, 2.24) is 5.32 Å². The lowest BCUT2D eigenvalue weighted by molar-refractivity contribution is 0.0770. The summed E-state index contributed by atoms with van der Waals surface area (Å²) in [6.45, 7) is 6.28. The van der Waals surface area contributed by atoms with Crippen molar-refractivity contribution in [2.75, 3.05) is 6.54 Å². The minimum Gasteiger partial charge on any atom is -0.389 e. The lowest BCUT2D eigenvalue weighted by Crippen LogP contribution is -2.36. The summed E-state index contributed by atoms with van der Waals surface area (Å²) >= 11 is 3.40. The van der Waals surface area contributed by atoms with Crippen molar-refractivity contribution in [3.05, 3.63) is 34.3 Å². The molecule has 84 valence electrons. The Morgan fingerprint density at radius 2 is 1.87 bits per heavy atom. The molecule has 0 aliphatic rings. The van der Waals surface area contributed by atoms with Crippen LogP contribution >= 0.6 is 15.9 Å². The van der Waals surface area contributed by atoms with E-state index in [0.717, 1.165) is 4.47 Å². The van der Waals surface area contributed by atoms with E-state index in [9.17, 15) is 5.11 Å². The first kappa shape index (κ1) is 12.7. The highest BCUT2D eigenvalue weighted by atomic mass is 79.9.